The fourth-order valence-corrected chi connectivity index (χ4v) is 4.63. The molecule has 4 nitrogen and oxygen atoms in total. The van der Waals surface area contributed by atoms with Gasteiger partial charge in [0, 0.05) is 33.9 Å². The summed E-state index contributed by atoms with van der Waals surface area (Å²) >= 11 is 0. The monoisotopic (exact) mass is 373 g/mol. The van der Waals surface area contributed by atoms with Crippen LogP contribution in [-0.4, -0.2) is 11.7 Å². The first-order chi connectivity index (χ1) is 14.4. The Morgan fingerprint density at radius 3 is 2.62 bits per heavy atom. The summed E-state index contributed by atoms with van der Waals surface area (Å²) in [6.45, 7) is 0.639. The van der Waals surface area contributed by atoms with Crippen molar-refractivity contribution in [3.05, 3.63) is 83.1 Å². The zero-order valence-electron chi connectivity index (χ0n) is 15.4. The molecule has 1 N–H and O–H groups in total. The van der Waals surface area contributed by atoms with Crippen molar-refractivity contribution in [3.63, 3.8) is 0 Å². The van der Waals surface area contributed by atoms with Gasteiger partial charge in [0.15, 0.2) is 0 Å². The first-order valence-corrected chi connectivity index (χ1v) is 9.70. The molecule has 7 rings (SSSR count). The molecule has 1 aromatic heterocycles. The first kappa shape index (κ1) is 15.1. The maximum Gasteiger partial charge on any atom is 0.135 e. The molecule has 4 heteroatoms. The van der Waals surface area contributed by atoms with E-state index in [0.717, 1.165) is 44.1 Å². The van der Waals surface area contributed by atoms with Crippen LogP contribution < -0.4 is 20.6 Å². The molecule has 0 saturated heterocycles. The summed E-state index contributed by atoms with van der Waals surface area (Å²) in [5, 5.41) is 12.5. The summed E-state index contributed by atoms with van der Waals surface area (Å²) in [7, 11) is 0. The van der Waals surface area contributed by atoms with E-state index in [9.17, 15) is 0 Å². The summed E-state index contributed by atoms with van der Waals surface area (Å²) in [4.78, 5) is 8.96. The molecule has 0 aliphatic carbocycles. The van der Waals surface area contributed by atoms with E-state index in [1.807, 2.05) is 12.4 Å². The Hall–Kier alpha value is -3.92. The van der Waals surface area contributed by atoms with E-state index in [-0.39, 0.29) is 0 Å². The van der Waals surface area contributed by atoms with Crippen LogP contribution in [0, 0.1) is 0 Å². The molecular weight excluding hydrogens is 358 g/mol. The number of ether oxygens (including phenoxy) is 1. The van der Waals surface area contributed by atoms with E-state index in [0.29, 0.717) is 6.67 Å². The SMILES string of the molecule is C1=c2c(ccc3c4c(ccc23)NCN=4)Oc2ccc3c(ccc4ccncc43)c21. The van der Waals surface area contributed by atoms with Crippen LogP contribution in [0.1, 0.15) is 5.56 Å². The molecule has 2 aliphatic heterocycles. The van der Waals surface area contributed by atoms with E-state index in [4.69, 9.17) is 4.74 Å². The number of nitrogens with zero attached hydrogens (tertiary/aromatic N) is 2. The zero-order valence-corrected chi connectivity index (χ0v) is 15.4. The van der Waals surface area contributed by atoms with Crippen LogP contribution in [0.3, 0.4) is 0 Å². The second-order valence-corrected chi connectivity index (χ2v) is 7.51. The fraction of sp³-hybridized carbons (Fsp3) is 0.0400. The quantitative estimate of drug-likeness (QED) is 0.400. The topological polar surface area (TPSA) is 46.5 Å². The highest BCUT2D eigenvalue weighted by molar-refractivity contribution is 6.10. The molecular formula is C25H15N3O. The Labute approximate surface area is 165 Å². The number of fused-ring (bicyclic) bond motifs is 10. The lowest BCUT2D eigenvalue weighted by molar-refractivity contribution is 0.475. The van der Waals surface area contributed by atoms with Gasteiger partial charge >= 0.3 is 0 Å². The number of benzene rings is 4. The van der Waals surface area contributed by atoms with Crippen LogP contribution in [0.2, 0.25) is 0 Å². The fourth-order valence-electron chi connectivity index (χ4n) is 4.63. The lowest BCUT2D eigenvalue weighted by Crippen LogP contribution is -2.15. The normalized spacial score (nSPS) is 13.8. The minimum absolute atomic E-state index is 0.639. The van der Waals surface area contributed by atoms with Crippen molar-refractivity contribution in [1.29, 1.82) is 0 Å². The Bertz CT molecular complexity index is 1640. The summed E-state index contributed by atoms with van der Waals surface area (Å²) < 4.78 is 6.33. The molecule has 0 fully saturated rings. The van der Waals surface area contributed by atoms with Crippen LogP contribution in [0.5, 0.6) is 11.5 Å². The van der Waals surface area contributed by atoms with Gasteiger partial charge in [0.2, 0.25) is 0 Å². The second-order valence-electron chi connectivity index (χ2n) is 7.51. The molecule has 0 spiro atoms. The minimum Gasteiger partial charge on any atom is -0.456 e. The predicted octanol–water partition coefficient (Wildman–Crippen LogP) is 4.48. The van der Waals surface area contributed by atoms with E-state index in [1.54, 1.807) is 0 Å². The second kappa shape index (κ2) is 5.32. The van der Waals surface area contributed by atoms with Crippen LogP contribution in [0.15, 0.2) is 72.0 Å². The maximum absolute atomic E-state index is 6.33. The van der Waals surface area contributed by atoms with Crippen LogP contribution in [-0.2, 0) is 0 Å². The number of hydrogen-bond donors (Lipinski definition) is 1. The molecule has 0 radical (unpaired) electrons. The van der Waals surface area contributed by atoms with Crippen LogP contribution >= 0.6 is 0 Å². The number of nitrogens with one attached hydrogen (secondary N) is 1. The molecule has 5 aromatic rings. The molecule has 136 valence electrons. The summed E-state index contributed by atoms with van der Waals surface area (Å²) in [5.41, 5.74) is 2.21. The van der Waals surface area contributed by atoms with Gasteiger partial charge in [-0.1, -0.05) is 18.2 Å². The van der Waals surface area contributed by atoms with Crippen LogP contribution in [0.25, 0.3) is 38.4 Å². The average molecular weight is 373 g/mol. The van der Waals surface area contributed by atoms with Gasteiger partial charge in [-0.3, -0.25) is 9.98 Å². The third kappa shape index (κ3) is 1.98. The summed E-state index contributed by atoms with van der Waals surface area (Å²) in [6.07, 6.45) is 6.03. The molecule has 0 bridgehead atoms. The highest BCUT2D eigenvalue weighted by Gasteiger charge is 2.17. The average Bonchev–Trinajstić information content (AvgIpc) is 3.26. The Morgan fingerprint density at radius 2 is 1.62 bits per heavy atom. The molecule has 4 aromatic carbocycles. The number of rotatable bonds is 0. The number of pyridine rings is 1. The Kier molecular flexibility index (Phi) is 2.76. The van der Waals surface area contributed by atoms with E-state index >= 15 is 0 Å². The van der Waals surface area contributed by atoms with E-state index < -0.39 is 0 Å². The van der Waals surface area contributed by atoms with Gasteiger partial charge in [0.1, 0.15) is 18.2 Å². The van der Waals surface area contributed by atoms with Gasteiger partial charge in [0.05, 0.1) is 11.0 Å². The number of aromatic nitrogens is 1. The molecule has 0 amide bonds. The summed E-state index contributed by atoms with van der Waals surface area (Å²) in [5.74, 6) is 1.78. The van der Waals surface area contributed by atoms with Crippen molar-refractivity contribution in [2.24, 2.45) is 4.99 Å². The van der Waals surface area contributed by atoms with E-state index in [2.05, 4.69) is 76.0 Å². The van der Waals surface area contributed by atoms with Gasteiger partial charge < -0.3 is 10.1 Å². The Balaban J connectivity index is 1.61. The van der Waals surface area contributed by atoms with Crippen molar-refractivity contribution >= 4 is 44.1 Å². The molecule has 0 atom stereocenters. The third-order valence-corrected chi connectivity index (χ3v) is 6.01. The van der Waals surface area contributed by atoms with Gasteiger partial charge in [-0.25, -0.2) is 0 Å². The van der Waals surface area contributed by atoms with Crippen molar-refractivity contribution < 1.29 is 4.74 Å². The summed E-state index contributed by atoms with van der Waals surface area (Å²) in [6, 6.07) is 19.0. The van der Waals surface area contributed by atoms with Gasteiger partial charge in [-0.15, -0.1) is 0 Å². The van der Waals surface area contributed by atoms with Gasteiger partial charge in [0.25, 0.3) is 0 Å². The maximum atomic E-state index is 6.33. The van der Waals surface area contributed by atoms with Crippen molar-refractivity contribution in [2.75, 3.05) is 12.0 Å². The third-order valence-electron chi connectivity index (χ3n) is 6.01. The molecule has 2 aliphatic rings. The van der Waals surface area contributed by atoms with Crippen molar-refractivity contribution in [3.8, 4) is 11.5 Å². The highest BCUT2D eigenvalue weighted by Crippen LogP contribution is 2.37. The van der Waals surface area contributed by atoms with Crippen molar-refractivity contribution in [1.82, 2.24) is 4.98 Å². The standard InChI is InChI=1S/C25H15N3O/c1-2-15-16(21-12-26-10-9-14(1)21)4-7-23-19(15)11-20-17-3-6-22-25(28-13-27-22)18(17)5-8-24(20)29-23/h1-12,27H,13H2. The molecule has 3 heterocycles. The zero-order chi connectivity index (χ0) is 18.9. The Morgan fingerprint density at radius 1 is 0.759 bits per heavy atom. The number of hydrogen-bond acceptors (Lipinski definition) is 4. The molecule has 29 heavy (non-hydrogen) atoms. The predicted molar refractivity (Wildman–Crippen MR) is 116 cm³/mol. The van der Waals surface area contributed by atoms with E-state index in [1.165, 1.54) is 21.5 Å². The minimum atomic E-state index is 0.639. The smallest absolute Gasteiger partial charge is 0.135 e. The lowest BCUT2D eigenvalue weighted by atomic mass is 9.95. The number of anilines is 1. The highest BCUT2D eigenvalue weighted by atomic mass is 16.5. The largest absolute Gasteiger partial charge is 0.456 e. The van der Waals surface area contributed by atoms with Gasteiger partial charge in [-0.05, 0) is 64.0 Å². The van der Waals surface area contributed by atoms with Gasteiger partial charge in [-0.2, -0.15) is 0 Å². The van der Waals surface area contributed by atoms with Crippen LogP contribution in [0.4, 0.5) is 5.69 Å². The molecule has 0 saturated carbocycles. The lowest BCUT2D eigenvalue weighted by Gasteiger charge is -2.18. The first-order valence-electron chi connectivity index (χ1n) is 9.70. The van der Waals surface area contributed by atoms with Crippen molar-refractivity contribution in [2.45, 2.75) is 0 Å². The molecule has 0 unspecified atom stereocenters.